The van der Waals surface area contributed by atoms with Gasteiger partial charge in [0.05, 0.1) is 11.8 Å². The van der Waals surface area contributed by atoms with E-state index in [4.69, 9.17) is 6.57 Å². The van der Waals surface area contributed by atoms with E-state index in [1.165, 1.54) is 11.9 Å². The van der Waals surface area contributed by atoms with Crippen LogP contribution in [0.3, 0.4) is 0 Å². The second kappa shape index (κ2) is 9.43. The van der Waals surface area contributed by atoms with Crippen LogP contribution in [-0.4, -0.2) is 77.0 Å². The molecule has 4 amide bonds. The molecule has 12 heteroatoms. The number of carbonyl (C=O) groups is 4. The van der Waals surface area contributed by atoms with Gasteiger partial charge in [0.1, 0.15) is 12.1 Å². The number of nitrogens with zero attached hydrogens (tertiary/aromatic N) is 3. The number of halogens is 3. The predicted molar refractivity (Wildman–Crippen MR) is 116 cm³/mol. The highest BCUT2D eigenvalue weighted by Gasteiger charge is 2.60. The van der Waals surface area contributed by atoms with Gasteiger partial charge in [-0.1, -0.05) is 13.8 Å². The molecule has 0 aromatic heterocycles. The van der Waals surface area contributed by atoms with Crippen LogP contribution in [0, 0.1) is 17.9 Å². The molecule has 2 fully saturated rings. The summed E-state index contributed by atoms with van der Waals surface area (Å²) in [5.74, 6) is -3.97. The number of likely N-dealkylation sites (tertiary alicyclic amines) is 1. The zero-order valence-electron chi connectivity index (χ0n) is 20.2. The standard InChI is InChI=1S/C22H32F3N5O4/c1-12(2)8-14(29(7)16(31)13(3)27-19(34)22(23,24)25)17(32)30-11-21(9-15(30)26-6)10-20(4,5)28-18(21)33/h12-15H,8-11H2,1-5,7H3,(H,27,34)(H,28,33)/t13-,14-,15-,21+/m0/s1. The molecule has 9 nitrogen and oxygen atoms in total. The fourth-order valence-electron chi connectivity index (χ4n) is 4.86. The minimum absolute atomic E-state index is 0.0190. The van der Waals surface area contributed by atoms with Crippen LogP contribution in [0.4, 0.5) is 13.2 Å². The van der Waals surface area contributed by atoms with Crippen molar-refractivity contribution in [2.24, 2.45) is 11.3 Å². The third-order valence-electron chi connectivity index (χ3n) is 6.32. The molecule has 0 bridgehead atoms. The van der Waals surface area contributed by atoms with E-state index in [0.29, 0.717) is 6.42 Å². The Morgan fingerprint density at radius 2 is 1.88 bits per heavy atom. The average Bonchev–Trinajstić information content (AvgIpc) is 3.18. The predicted octanol–water partition coefficient (Wildman–Crippen LogP) is 1.69. The topological polar surface area (TPSA) is 103 Å². The van der Waals surface area contributed by atoms with Crippen LogP contribution < -0.4 is 10.6 Å². The van der Waals surface area contributed by atoms with Crippen molar-refractivity contribution in [1.29, 1.82) is 0 Å². The van der Waals surface area contributed by atoms with Crippen LogP contribution in [0.15, 0.2) is 0 Å². The van der Waals surface area contributed by atoms with E-state index in [2.05, 4.69) is 10.2 Å². The Morgan fingerprint density at radius 1 is 1.29 bits per heavy atom. The number of likely N-dealkylation sites (N-methyl/N-ethyl adjacent to an activating group) is 1. The first-order chi connectivity index (χ1) is 15.4. The van der Waals surface area contributed by atoms with Gasteiger partial charge in [-0.05, 0) is 39.5 Å². The summed E-state index contributed by atoms with van der Waals surface area (Å²) in [5.41, 5.74) is -1.40. The van der Waals surface area contributed by atoms with Crippen LogP contribution in [0.5, 0.6) is 0 Å². The third-order valence-corrected chi connectivity index (χ3v) is 6.32. The number of rotatable bonds is 6. The molecule has 2 heterocycles. The Morgan fingerprint density at radius 3 is 2.32 bits per heavy atom. The summed E-state index contributed by atoms with van der Waals surface area (Å²) >= 11 is 0. The Bertz CT molecular complexity index is 898. The quantitative estimate of drug-likeness (QED) is 0.557. The first kappa shape index (κ1) is 27.4. The number of nitrogens with one attached hydrogen (secondary N) is 2. The summed E-state index contributed by atoms with van der Waals surface area (Å²) in [5, 5.41) is 4.51. The van der Waals surface area contributed by atoms with Crippen molar-refractivity contribution in [2.75, 3.05) is 13.6 Å². The zero-order valence-corrected chi connectivity index (χ0v) is 20.2. The number of amides is 4. The Kier molecular flexibility index (Phi) is 7.60. The summed E-state index contributed by atoms with van der Waals surface area (Å²) in [4.78, 5) is 56.3. The molecule has 2 N–H and O–H groups in total. The monoisotopic (exact) mass is 487 g/mol. The van der Waals surface area contributed by atoms with Crippen molar-refractivity contribution < 1.29 is 32.3 Å². The smallest absolute Gasteiger partial charge is 0.351 e. The average molecular weight is 488 g/mol. The molecular weight excluding hydrogens is 455 g/mol. The number of hydrogen-bond donors (Lipinski definition) is 2. The first-order valence-electron chi connectivity index (χ1n) is 11.1. The van der Waals surface area contributed by atoms with Crippen LogP contribution >= 0.6 is 0 Å². The molecule has 0 radical (unpaired) electrons. The minimum atomic E-state index is -5.15. The summed E-state index contributed by atoms with van der Waals surface area (Å²) < 4.78 is 37.8. The maximum atomic E-state index is 13.6. The zero-order chi connectivity index (χ0) is 26.2. The van der Waals surface area contributed by atoms with Crippen LogP contribution in [0.25, 0.3) is 4.85 Å². The molecule has 190 valence electrons. The molecule has 2 aliphatic rings. The molecule has 2 rings (SSSR count). The van der Waals surface area contributed by atoms with Gasteiger partial charge in [-0.2, -0.15) is 13.2 Å². The molecule has 34 heavy (non-hydrogen) atoms. The van der Waals surface area contributed by atoms with E-state index in [9.17, 15) is 32.3 Å². The minimum Gasteiger partial charge on any atom is -0.351 e. The lowest BCUT2D eigenvalue weighted by Crippen LogP contribution is -2.56. The lowest BCUT2D eigenvalue weighted by atomic mass is 9.80. The van der Waals surface area contributed by atoms with Crippen molar-refractivity contribution >= 4 is 23.6 Å². The maximum absolute atomic E-state index is 13.6. The molecule has 0 aliphatic carbocycles. The van der Waals surface area contributed by atoms with Gasteiger partial charge in [-0.25, -0.2) is 6.57 Å². The lowest BCUT2D eigenvalue weighted by Gasteiger charge is -2.33. The van der Waals surface area contributed by atoms with Gasteiger partial charge in [-0.15, -0.1) is 0 Å². The molecule has 0 aromatic carbocycles. The summed E-state index contributed by atoms with van der Waals surface area (Å²) in [7, 11) is 1.29. The normalized spacial score (nSPS) is 25.6. The second-order valence-corrected chi connectivity index (χ2v) is 10.4. The largest absolute Gasteiger partial charge is 0.471 e. The SMILES string of the molecule is [C-]#[N+][C@@H]1C[C@]2(CN1C(=O)[C@H](CC(C)C)N(C)C(=O)[C@H](C)NC(=O)C(F)(F)F)CC(C)(C)NC2=O. The molecule has 0 aromatic rings. The van der Waals surface area contributed by atoms with Gasteiger partial charge >= 0.3 is 18.2 Å². The second-order valence-electron chi connectivity index (χ2n) is 10.4. The summed E-state index contributed by atoms with van der Waals surface area (Å²) in [6, 6.07) is -2.60. The van der Waals surface area contributed by atoms with Crippen molar-refractivity contribution in [3.05, 3.63) is 11.4 Å². The molecule has 4 atom stereocenters. The number of alkyl halides is 3. The Labute approximate surface area is 197 Å². The van der Waals surface area contributed by atoms with Gasteiger partial charge in [0.25, 0.3) is 5.91 Å². The summed E-state index contributed by atoms with van der Waals surface area (Å²) in [6.45, 7) is 16.1. The maximum Gasteiger partial charge on any atom is 0.471 e. The molecule has 2 aliphatic heterocycles. The van der Waals surface area contributed by atoms with E-state index in [0.717, 1.165) is 11.8 Å². The Balaban J connectivity index is 2.27. The van der Waals surface area contributed by atoms with E-state index < -0.39 is 53.1 Å². The first-order valence-corrected chi connectivity index (χ1v) is 11.1. The van der Waals surface area contributed by atoms with Crippen molar-refractivity contribution in [3.8, 4) is 0 Å². The molecule has 2 saturated heterocycles. The summed E-state index contributed by atoms with van der Waals surface area (Å²) in [6.07, 6.45) is -5.25. The highest BCUT2D eigenvalue weighted by molar-refractivity contribution is 5.94. The number of hydrogen-bond acceptors (Lipinski definition) is 4. The van der Waals surface area contributed by atoms with Crippen LogP contribution in [0.2, 0.25) is 0 Å². The van der Waals surface area contributed by atoms with Crippen molar-refractivity contribution in [1.82, 2.24) is 20.4 Å². The lowest BCUT2D eigenvalue weighted by molar-refractivity contribution is -0.175. The van der Waals surface area contributed by atoms with Gasteiger partial charge in [0, 0.05) is 19.1 Å². The van der Waals surface area contributed by atoms with Gasteiger partial charge in [0.15, 0.2) is 0 Å². The molecule has 1 spiro atoms. The third kappa shape index (κ3) is 5.62. The highest BCUT2D eigenvalue weighted by Crippen LogP contribution is 2.46. The van der Waals surface area contributed by atoms with Gasteiger partial charge in [0.2, 0.25) is 11.8 Å². The van der Waals surface area contributed by atoms with E-state index in [1.807, 2.05) is 27.7 Å². The van der Waals surface area contributed by atoms with E-state index in [1.54, 1.807) is 5.32 Å². The molecule has 0 unspecified atom stereocenters. The van der Waals surface area contributed by atoms with E-state index in [-0.39, 0.29) is 31.2 Å². The van der Waals surface area contributed by atoms with Crippen molar-refractivity contribution in [2.45, 2.75) is 83.8 Å². The fraction of sp³-hybridized carbons (Fsp3) is 0.773. The van der Waals surface area contributed by atoms with Crippen LogP contribution in [0.1, 0.15) is 53.9 Å². The fourth-order valence-corrected chi connectivity index (χ4v) is 4.86. The van der Waals surface area contributed by atoms with Crippen molar-refractivity contribution in [3.63, 3.8) is 0 Å². The van der Waals surface area contributed by atoms with Gasteiger partial charge < -0.3 is 15.5 Å². The number of carbonyl (C=O) groups excluding carboxylic acids is 4. The van der Waals surface area contributed by atoms with Crippen LogP contribution in [-0.2, 0) is 19.2 Å². The van der Waals surface area contributed by atoms with Gasteiger partial charge in [-0.3, -0.25) is 28.9 Å². The highest BCUT2D eigenvalue weighted by atomic mass is 19.4. The Hall–Kier alpha value is -2.84. The molecular formula is C22H32F3N5O4. The molecule has 0 saturated carbocycles. The van der Waals surface area contributed by atoms with E-state index >= 15 is 0 Å².